The minimum absolute atomic E-state index is 0.191. The third-order valence-electron chi connectivity index (χ3n) is 3.32. The number of nitrogens with zero attached hydrogens (tertiary/aromatic N) is 1. The van der Waals surface area contributed by atoms with Crippen LogP contribution < -0.4 is 4.74 Å². The second-order valence-corrected chi connectivity index (χ2v) is 5.26. The molecule has 1 N–H and O–H groups in total. The van der Waals surface area contributed by atoms with Crippen LogP contribution in [0.25, 0.3) is 0 Å². The SMILES string of the molecule is CC(Oc1ccc(Cl)cc1)C(=O)N1CCC(C(=O)O)C1. The minimum Gasteiger partial charge on any atom is -0.481 e. The zero-order chi connectivity index (χ0) is 14.7. The van der Waals surface area contributed by atoms with Crippen molar-refractivity contribution in [1.29, 1.82) is 0 Å². The Morgan fingerprint density at radius 2 is 2.05 bits per heavy atom. The van der Waals surface area contributed by atoms with Crippen LogP contribution in [0.4, 0.5) is 0 Å². The molecule has 1 aliphatic heterocycles. The fourth-order valence-electron chi connectivity index (χ4n) is 2.19. The Labute approximate surface area is 122 Å². The van der Waals surface area contributed by atoms with Gasteiger partial charge < -0.3 is 14.7 Å². The van der Waals surface area contributed by atoms with Crippen LogP contribution in [0.3, 0.4) is 0 Å². The van der Waals surface area contributed by atoms with Crippen molar-refractivity contribution in [2.45, 2.75) is 19.4 Å². The molecule has 0 radical (unpaired) electrons. The van der Waals surface area contributed by atoms with E-state index in [0.29, 0.717) is 23.7 Å². The summed E-state index contributed by atoms with van der Waals surface area (Å²) < 4.78 is 5.54. The summed E-state index contributed by atoms with van der Waals surface area (Å²) in [4.78, 5) is 24.6. The molecule has 0 bridgehead atoms. The standard InChI is InChI=1S/C14H16ClNO4/c1-9(20-12-4-2-11(15)3-5-12)13(17)16-7-6-10(8-16)14(18)19/h2-5,9-10H,6-8H2,1H3,(H,18,19). The largest absolute Gasteiger partial charge is 0.481 e. The smallest absolute Gasteiger partial charge is 0.308 e. The van der Waals surface area contributed by atoms with E-state index < -0.39 is 18.0 Å². The molecule has 2 atom stereocenters. The van der Waals surface area contributed by atoms with Gasteiger partial charge in [-0.1, -0.05) is 11.6 Å². The molecule has 1 aromatic carbocycles. The van der Waals surface area contributed by atoms with Crippen LogP contribution in [0.5, 0.6) is 5.75 Å². The van der Waals surface area contributed by atoms with E-state index in [0.717, 1.165) is 0 Å². The number of rotatable bonds is 4. The Morgan fingerprint density at radius 3 is 2.60 bits per heavy atom. The van der Waals surface area contributed by atoms with Gasteiger partial charge in [-0.05, 0) is 37.6 Å². The van der Waals surface area contributed by atoms with Crippen LogP contribution in [0.1, 0.15) is 13.3 Å². The van der Waals surface area contributed by atoms with Gasteiger partial charge in [0.05, 0.1) is 5.92 Å². The van der Waals surface area contributed by atoms with Crippen LogP contribution in [0.2, 0.25) is 5.02 Å². The van der Waals surface area contributed by atoms with E-state index in [-0.39, 0.29) is 12.5 Å². The van der Waals surface area contributed by atoms with Gasteiger partial charge in [0.15, 0.2) is 6.10 Å². The number of aliphatic carboxylic acids is 1. The Hall–Kier alpha value is -1.75. The van der Waals surface area contributed by atoms with Gasteiger partial charge in [-0.15, -0.1) is 0 Å². The molecule has 6 heteroatoms. The molecule has 1 fully saturated rings. The highest BCUT2D eigenvalue weighted by Gasteiger charge is 2.33. The summed E-state index contributed by atoms with van der Waals surface area (Å²) in [6.45, 7) is 2.37. The Balaban J connectivity index is 1.92. The van der Waals surface area contributed by atoms with Gasteiger partial charge in [0, 0.05) is 18.1 Å². The average molecular weight is 298 g/mol. The first-order valence-corrected chi connectivity index (χ1v) is 6.79. The monoisotopic (exact) mass is 297 g/mol. The molecular formula is C14H16ClNO4. The van der Waals surface area contributed by atoms with E-state index >= 15 is 0 Å². The van der Waals surface area contributed by atoms with Crippen molar-refractivity contribution in [3.05, 3.63) is 29.3 Å². The van der Waals surface area contributed by atoms with Crippen molar-refractivity contribution < 1.29 is 19.4 Å². The van der Waals surface area contributed by atoms with Gasteiger partial charge in [0.1, 0.15) is 5.75 Å². The van der Waals surface area contributed by atoms with Gasteiger partial charge in [-0.25, -0.2) is 0 Å². The number of carboxylic acids is 1. The number of hydrogen-bond donors (Lipinski definition) is 1. The normalized spacial score (nSPS) is 19.7. The van der Waals surface area contributed by atoms with Crippen molar-refractivity contribution in [2.75, 3.05) is 13.1 Å². The van der Waals surface area contributed by atoms with Crippen LogP contribution in [-0.2, 0) is 9.59 Å². The van der Waals surface area contributed by atoms with Crippen LogP contribution in [0.15, 0.2) is 24.3 Å². The molecule has 0 saturated carbocycles. The second kappa shape index (κ2) is 6.13. The zero-order valence-electron chi connectivity index (χ0n) is 11.1. The number of halogens is 1. The van der Waals surface area contributed by atoms with E-state index in [1.54, 1.807) is 36.1 Å². The highest BCUT2D eigenvalue weighted by molar-refractivity contribution is 6.30. The first kappa shape index (κ1) is 14.7. The third-order valence-corrected chi connectivity index (χ3v) is 3.58. The van der Waals surface area contributed by atoms with Crippen molar-refractivity contribution >= 4 is 23.5 Å². The van der Waals surface area contributed by atoms with Crippen LogP contribution >= 0.6 is 11.6 Å². The summed E-state index contributed by atoms with van der Waals surface area (Å²) in [5.74, 6) is -0.957. The summed E-state index contributed by atoms with van der Waals surface area (Å²) in [5, 5.41) is 9.53. The van der Waals surface area contributed by atoms with E-state index in [2.05, 4.69) is 0 Å². The highest BCUT2D eigenvalue weighted by atomic mass is 35.5. The number of carboxylic acid groups (broad SMARTS) is 1. The Morgan fingerprint density at radius 1 is 1.40 bits per heavy atom. The lowest BCUT2D eigenvalue weighted by Gasteiger charge is -2.21. The predicted octanol–water partition coefficient (Wildman–Crippen LogP) is 2.04. The van der Waals surface area contributed by atoms with Gasteiger partial charge in [0.25, 0.3) is 5.91 Å². The topological polar surface area (TPSA) is 66.8 Å². The fraction of sp³-hybridized carbons (Fsp3) is 0.429. The lowest BCUT2D eigenvalue weighted by atomic mass is 10.1. The maximum atomic E-state index is 12.2. The quantitative estimate of drug-likeness (QED) is 0.923. The molecule has 1 aliphatic rings. The average Bonchev–Trinajstić information content (AvgIpc) is 2.90. The number of ether oxygens (including phenoxy) is 1. The molecule has 0 aromatic heterocycles. The maximum Gasteiger partial charge on any atom is 0.308 e. The third kappa shape index (κ3) is 3.42. The Kier molecular flexibility index (Phi) is 4.49. The van der Waals surface area contributed by atoms with Gasteiger partial charge in [-0.3, -0.25) is 9.59 Å². The fourth-order valence-corrected chi connectivity index (χ4v) is 2.31. The number of likely N-dealkylation sites (tertiary alicyclic amines) is 1. The zero-order valence-corrected chi connectivity index (χ0v) is 11.8. The lowest BCUT2D eigenvalue weighted by molar-refractivity contribution is -0.142. The molecule has 1 heterocycles. The molecule has 20 heavy (non-hydrogen) atoms. The summed E-state index contributed by atoms with van der Waals surface area (Å²) in [6.07, 6.45) is -0.155. The molecule has 0 spiro atoms. The van der Waals surface area contributed by atoms with Gasteiger partial charge >= 0.3 is 5.97 Å². The molecular weight excluding hydrogens is 282 g/mol. The molecule has 5 nitrogen and oxygen atoms in total. The minimum atomic E-state index is -0.855. The van der Waals surface area contributed by atoms with E-state index in [9.17, 15) is 9.59 Å². The van der Waals surface area contributed by atoms with Crippen molar-refractivity contribution in [3.8, 4) is 5.75 Å². The van der Waals surface area contributed by atoms with Gasteiger partial charge in [0.2, 0.25) is 0 Å². The lowest BCUT2D eigenvalue weighted by Crippen LogP contribution is -2.39. The molecule has 2 unspecified atom stereocenters. The summed E-state index contributed by atoms with van der Waals surface area (Å²) in [6, 6.07) is 6.75. The van der Waals surface area contributed by atoms with E-state index in [4.69, 9.17) is 21.4 Å². The van der Waals surface area contributed by atoms with Crippen molar-refractivity contribution in [1.82, 2.24) is 4.90 Å². The summed E-state index contributed by atoms with van der Waals surface area (Å²) >= 11 is 5.77. The number of hydrogen-bond acceptors (Lipinski definition) is 3. The molecule has 1 saturated heterocycles. The van der Waals surface area contributed by atoms with Crippen LogP contribution in [-0.4, -0.2) is 41.1 Å². The molecule has 1 aromatic rings. The van der Waals surface area contributed by atoms with E-state index in [1.807, 2.05) is 0 Å². The number of carbonyl (C=O) groups excluding carboxylic acids is 1. The van der Waals surface area contributed by atoms with Gasteiger partial charge in [-0.2, -0.15) is 0 Å². The molecule has 0 aliphatic carbocycles. The number of amides is 1. The summed E-state index contributed by atoms with van der Waals surface area (Å²) in [7, 11) is 0. The van der Waals surface area contributed by atoms with Crippen molar-refractivity contribution in [3.63, 3.8) is 0 Å². The number of benzene rings is 1. The first-order valence-electron chi connectivity index (χ1n) is 6.41. The summed E-state index contributed by atoms with van der Waals surface area (Å²) in [5.41, 5.74) is 0. The van der Waals surface area contributed by atoms with E-state index in [1.165, 1.54) is 0 Å². The second-order valence-electron chi connectivity index (χ2n) is 4.82. The van der Waals surface area contributed by atoms with Crippen molar-refractivity contribution in [2.24, 2.45) is 5.92 Å². The molecule has 1 amide bonds. The number of carbonyl (C=O) groups is 2. The maximum absolute atomic E-state index is 12.2. The first-order chi connectivity index (χ1) is 9.47. The highest BCUT2D eigenvalue weighted by Crippen LogP contribution is 2.20. The Bertz CT molecular complexity index is 502. The molecule has 108 valence electrons. The predicted molar refractivity (Wildman–Crippen MR) is 73.9 cm³/mol. The molecule has 2 rings (SSSR count). The van der Waals surface area contributed by atoms with Crippen LogP contribution in [0, 0.1) is 5.92 Å².